The molecule has 2 aromatic carbocycles. The minimum atomic E-state index is -3.98. The summed E-state index contributed by atoms with van der Waals surface area (Å²) in [7, 11) is -1.09. The van der Waals surface area contributed by atoms with Crippen molar-refractivity contribution in [3.8, 4) is 11.5 Å². The van der Waals surface area contributed by atoms with E-state index in [1.165, 1.54) is 101 Å². The topological polar surface area (TPSA) is 153 Å². The highest BCUT2D eigenvalue weighted by Crippen LogP contribution is 2.24. The predicted molar refractivity (Wildman–Crippen MR) is 167 cm³/mol. The normalized spacial score (nSPS) is 11.0. The van der Waals surface area contributed by atoms with Crippen LogP contribution < -0.4 is 25.4 Å². The first-order valence-corrected chi connectivity index (χ1v) is 16.1. The van der Waals surface area contributed by atoms with Crippen LogP contribution in [0.1, 0.15) is 79.1 Å². The second-order valence-corrected chi connectivity index (χ2v) is 12.1. The van der Waals surface area contributed by atoms with Crippen molar-refractivity contribution < 1.29 is 32.3 Å². The molecule has 3 N–H and O–H groups in total. The molecule has 4 amide bonds. The van der Waals surface area contributed by atoms with Crippen LogP contribution in [0.25, 0.3) is 0 Å². The summed E-state index contributed by atoms with van der Waals surface area (Å²) in [6.45, 7) is 2.69. The zero-order valence-electron chi connectivity index (χ0n) is 25.4. The van der Waals surface area contributed by atoms with Crippen LogP contribution in [-0.4, -0.2) is 52.0 Å². The van der Waals surface area contributed by atoms with Crippen molar-refractivity contribution in [1.29, 1.82) is 0 Å². The number of sulfone groups is 1. The summed E-state index contributed by atoms with van der Waals surface area (Å²) in [6, 6.07) is 11.7. The molecule has 1 aromatic heterocycles. The highest BCUT2D eigenvalue weighted by Gasteiger charge is 2.20. The van der Waals surface area contributed by atoms with Gasteiger partial charge in [-0.3, -0.25) is 19.9 Å². The third-order valence-corrected chi connectivity index (χ3v) is 8.62. The smallest absolute Gasteiger partial charge is 0.326 e. The van der Waals surface area contributed by atoms with E-state index >= 15 is 0 Å². The lowest BCUT2D eigenvalue weighted by Gasteiger charge is -2.10. The van der Waals surface area contributed by atoms with Gasteiger partial charge in [0, 0.05) is 30.1 Å². The lowest BCUT2D eigenvalue weighted by molar-refractivity contribution is 0.0944. The Balaban J connectivity index is 1.55. The van der Waals surface area contributed by atoms with Gasteiger partial charge in [0.1, 0.15) is 17.2 Å². The van der Waals surface area contributed by atoms with Gasteiger partial charge in [-0.25, -0.2) is 13.2 Å². The van der Waals surface area contributed by atoms with Crippen molar-refractivity contribution >= 4 is 33.4 Å². The Hall–Kier alpha value is -4.45. The number of urea groups is 1. The van der Waals surface area contributed by atoms with Crippen LogP contribution in [0.3, 0.4) is 0 Å². The molecule has 0 unspecified atom stereocenters. The second kappa shape index (κ2) is 17.0. The van der Waals surface area contributed by atoms with E-state index in [4.69, 9.17) is 9.47 Å². The third kappa shape index (κ3) is 10.1. The number of unbranched alkanes of at least 4 members (excludes halogenated alkanes) is 7. The number of nitrogens with zero attached hydrogens (tertiary/aromatic N) is 1. The van der Waals surface area contributed by atoms with Crippen LogP contribution >= 0.6 is 0 Å². The molecule has 0 spiro atoms. The van der Waals surface area contributed by atoms with Crippen molar-refractivity contribution in [3.63, 3.8) is 0 Å². The number of carbonyl (C=O) groups is 3. The van der Waals surface area contributed by atoms with Gasteiger partial charge in [-0.2, -0.15) is 0 Å². The zero-order valence-corrected chi connectivity index (χ0v) is 26.2. The van der Waals surface area contributed by atoms with E-state index in [-0.39, 0.29) is 26.7 Å². The molecule has 12 heteroatoms. The standard InChI is InChI=1S/C32H40N4O7S/c1-4-5-6-7-8-9-10-11-17-34-31(38)29-22-28(16-18-33-29)44(40,41)27-14-12-24(13-15-27)35-32(39)36-30(37)23-19-25(42-2)21-26(20-23)43-3/h12-16,18-22H,4-11,17H2,1-3H3,(H,34,38)(H2,35,36,37,39). The van der Waals surface area contributed by atoms with Gasteiger partial charge in [0.15, 0.2) is 0 Å². The lowest BCUT2D eigenvalue weighted by atomic mass is 10.1. The van der Waals surface area contributed by atoms with Crippen LogP contribution in [0.15, 0.2) is 70.6 Å². The Labute approximate surface area is 258 Å². The van der Waals surface area contributed by atoms with Gasteiger partial charge >= 0.3 is 6.03 Å². The monoisotopic (exact) mass is 624 g/mol. The molecule has 0 saturated heterocycles. The van der Waals surface area contributed by atoms with Gasteiger partial charge in [0.25, 0.3) is 11.8 Å². The van der Waals surface area contributed by atoms with Gasteiger partial charge in [-0.05, 0) is 55.0 Å². The molecule has 0 saturated carbocycles. The number of benzene rings is 2. The Kier molecular flexibility index (Phi) is 13.2. The number of imide groups is 1. The number of amides is 4. The van der Waals surface area contributed by atoms with Crippen molar-refractivity contribution in [2.45, 2.75) is 68.1 Å². The molecule has 3 rings (SSSR count). The van der Waals surface area contributed by atoms with E-state index in [2.05, 4.69) is 27.9 Å². The molecule has 3 aromatic rings. The quantitative estimate of drug-likeness (QED) is 0.170. The highest BCUT2D eigenvalue weighted by molar-refractivity contribution is 7.91. The maximum Gasteiger partial charge on any atom is 0.326 e. The average Bonchev–Trinajstić information content (AvgIpc) is 3.03. The molecule has 1 heterocycles. The number of hydrogen-bond acceptors (Lipinski definition) is 8. The molecule has 44 heavy (non-hydrogen) atoms. The van der Waals surface area contributed by atoms with Gasteiger partial charge in [-0.1, -0.05) is 51.9 Å². The second-order valence-electron chi connectivity index (χ2n) is 10.1. The molecule has 0 aliphatic heterocycles. The van der Waals surface area contributed by atoms with Crippen LogP contribution in [0.4, 0.5) is 10.5 Å². The van der Waals surface area contributed by atoms with Gasteiger partial charge in [0.05, 0.1) is 24.0 Å². The molecule has 11 nitrogen and oxygen atoms in total. The molecule has 0 fully saturated rings. The summed E-state index contributed by atoms with van der Waals surface area (Å²) in [5.74, 6) is -0.355. The van der Waals surface area contributed by atoms with Crippen LogP contribution in [0.5, 0.6) is 11.5 Å². The summed E-state index contributed by atoms with van der Waals surface area (Å²) < 4.78 is 36.8. The third-order valence-electron chi connectivity index (χ3n) is 6.85. The van der Waals surface area contributed by atoms with E-state index in [1.54, 1.807) is 6.07 Å². The Bertz CT molecular complexity index is 1500. The van der Waals surface area contributed by atoms with E-state index in [1.807, 2.05) is 0 Å². The average molecular weight is 625 g/mol. The van der Waals surface area contributed by atoms with E-state index in [0.717, 1.165) is 19.3 Å². The van der Waals surface area contributed by atoms with Gasteiger partial charge in [-0.15, -0.1) is 0 Å². The first-order valence-electron chi connectivity index (χ1n) is 14.6. The number of ether oxygens (including phenoxy) is 2. The van der Waals surface area contributed by atoms with Gasteiger partial charge < -0.3 is 20.1 Å². The molecule has 0 aliphatic carbocycles. The largest absolute Gasteiger partial charge is 0.497 e. The number of hydrogen-bond donors (Lipinski definition) is 3. The Morgan fingerprint density at radius 3 is 1.98 bits per heavy atom. The number of nitrogens with one attached hydrogen (secondary N) is 3. The molecule has 0 radical (unpaired) electrons. The van der Waals surface area contributed by atoms with Crippen molar-refractivity contribution in [1.82, 2.24) is 15.6 Å². The van der Waals surface area contributed by atoms with Crippen LogP contribution in [0.2, 0.25) is 0 Å². The van der Waals surface area contributed by atoms with Crippen LogP contribution in [-0.2, 0) is 9.84 Å². The predicted octanol–water partition coefficient (Wildman–Crippen LogP) is 5.76. The van der Waals surface area contributed by atoms with E-state index in [0.29, 0.717) is 18.0 Å². The zero-order chi connectivity index (χ0) is 32.0. The molecule has 236 valence electrons. The van der Waals surface area contributed by atoms with E-state index < -0.39 is 27.7 Å². The summed E-state index contributed by atoms with van der Waals surface area (Å²) in [5.41, 5.74) is 0.420. The fourth-order valence-electron chi connectivity index (χ4n) is 4.38. The van der Waals surface area contributed by atoms with Crippen molar-refractivity contribution in [3.05, 3.63) is 72.1 Å². The first-order chi connectivity index (χ1) is 21.2. The number of methoxy groups -OCH3 is 2. The molecule has 0 bridgehead atoms. The summed E-state index contributed by atoms with van der Waals surface area (Å²) in [4.78, 5) is 41.5. The fourth-order valence-corrected chi connectivity index (χ4v) is 5.66. The molecular weight excluding hydrogens is 584 g/mol. The van der Waals surface area contributed by atoms with E-state index in [9.17, 15) is 22.8 Å². The summed E-state index contributed by atoms with van der Waals surface area (Å²) in [6.07, 6.45) is 10.5. The number of rotatable bonds is 16. The Morgan fingerprint density at radius 2 is 1.36 bits per heavy atom. The maximum absolute atomic E-state index is 13.3. The number of aromatic nitrogens is 1. The number of anilines is 1. The number of carbonyl (C=O) groups excluding carboxylic acids is 3. The minimum absolute atomic E-state index is 0.0129. The SMILES string of the molecule is CCCCCCCCCCNC(=O)c1cc(S(=O)(=O)c2ccc(NC(=O)NC(=O)c3cc(OC)cc(OC)c3)cc2)ccn1. The molecule has 0 atom stereocenters. The number of pyridine rings is 1. The van der Waals surface area contributed by atoms with Crippen molar-refractivity contribution in [2.75, 3.05) is 26.1 Å². The molecule has 0 aliphatic rings. The summed E-state index contributed by atoms with van der Waals surface area (Å²) in [5, 5.41) is 7.51. The van der Waals surface area contributed by atoms with Gasteiger partial charge in [0.2, 0.25) is 9.84 Å². The Morgan fingerprint density at radius 1 is 0.750 bits per heavy atom. The van der Waals surface area contributed by atoms with Crippen LogP contribution in [0, 0.1) is 0 Å². The highest BCUT2D eigenvalue weighted by atomic mass is 32.2. The molecular formula is C32H40N4O7S. The fraction of sp³-hybridized carbons (Fsp3) is 0.375. The first kappa shape index (κ1) is 34.0. The lowest BCUT2D eigenvalue weighted by Crippen LogP contribution is -2.34. The maximum atomic E-state index is 13.3. The van der Waals surface area contributed by atoms with Crippen molar-refractivity contribution in [2.24, 2.45) is 0 Å². The summed E-state index contributed by atoms with van der Waals surface area (Å²) >= 11 is 0. The minimum Gasteiger partial charge on any atom is -0.497 e.